The minimum absolute atomic E-state index is 0.0157. The van der Waals surface area contributed by atoms with Gasteiger partial charge in [-0.2, -0.15) is 0 Å². The van der Waals surface area contributed by atoms with Crippen LogP contribution in [0.25, 0.3) is 0 Å². The van der Waals surface area contributed by atoms with E-state index in [-0.39, 0.29) is 18.4 Å². The lowest BCUT2D eigenvalue weighted by molar-refractivity contribution is -0.132. The van der Waals surface area contributed by atoms with Gasteiger partial charge in [-0.15, -0.1) is 0 Å². The fraction of sp³-hybridized carbons (Fsp3) is 0.529. The van der Waals surface area contributed by atoms with E-state index < -0.39 is 0 Å². The van der Waals surface area contributed by atoms with Crippen LogP contribution in [0.4, 0.5) is 5.69 Å². The molecule has 7 heteroatoms. The number of nitrogens with zero attached hydrogens (tertiary/aromatic N) is 3. The lowest BCUT2D eigenvalue weighted by Crippen LogP contribution is -2.51. The second-order valence-electron chi connectivity index (χ2n) is 5.74. The molecule has 0 unspecified atom stereocenters. The van der Waals surface area contributed by atoms with Crippen LogP contribution < -0.4 is 9.64 Å². The van der Waals surface area contributed by atoms with E-state index in [4.69, 9.17) is 16.3 Å². The number of hydrogen-bond acceptors (Lipinski definition) is 4. The van der Waals surface area contributed by atoms with Crippen molar-refractivity contribution in [3.05, 3.63) is 23.2 Å². The van der Waals surface area contributed by atoms with Crippen molar-refractivity contribution >= 4 is 29.1 Å². The summed E-state index contributed by atoms with van der Waals surface area (Å²) in [5.41, 5.74) is 0.512. The molecule has 1 heterocycles. The van der Waals surface area contributed by atoms with Crippen LogP contribution in [-0.4, -0.2) is 68.0 Å². The molecule has 0 bridgehead atoms. The van der Waals surface area contributed by atoms with E-state index >= 15 is 0 Å². The van der Waals surface area contributed by atoms with Crippen LogP contribution in [0.5, 0.6) is 5.75 Å². The number of likely N-dealkylation sites (N-methyl/N-ethyl adjacent to an activating group) is 1. The Kier molecular flexibility index (Phi) is 6.45. The fourth-order valence-corrected chi connectivity index (χ4v) is 2.96. The number of piperazine rings is 1. The largest absolute Gasteiger partial charge is 0.495 e. The van der Waals surface area contributed by atoms with Crippen LogP contribution in [0.15, 0.2) is 18.2 Å². The molecule has 1 aromatic rings. The molecule has 1 aliphatic rings. The van der Waals surface area contributed by atoms with E-state index in [1.54, 1.807) is 23.1 Å². The van der Waals surface area contributed by atoms with Gasteiger partial charge < -0.3 is 14.5 Å². The van der Waals surface area contributed by atoms with Crippen molar-refractivity contribution in [3.8, 4) is 5.75 Å². The molecule has 0 aliphatic carbocycles. The number of anilines is 1. The Hall–Kier alpha value is -1.79. The molecule has 0 saturated carbocycles. The SMILES string of the molecule is CCN1CCN(C(=O)CN(C(C)=O)c2cc(Cl)ccc2OC)CC1. The number of carbonyl (C=O) groups excluding carboxylic acids is 2. The highest BCUT2D eigenvalue weighted by molar-refractivity contribution is 6.31. The third-order valence-electron chi connectivity index (χ3n) is 4.28. The molecule has 0 spiro atoms. The standard InChI is InChI=1S/C17H24ClN3O3/c1-4-19-7-9-20(10-8-19)17(23)12-21(13(2)22)15-11-14(18)5-6-16(15)24-3/h5-6,11H,4,7-10,12H2,1-3H3. The number of hydrogen-bond donors (Lipinski definition) is 0. The molecule has 1 aliphatic heterocycles. The van der Waals surface area contributed by atoms with Gasteiger partial charge in [-0.3, -0.25) is 14.5 Å². The van der Waals surface area contributed by atoms with Gasteiger partial charge in [-0.1, -0.05) is 18.5 Å². The summed E-state index contributed by atoms with van der Waals surface area (Å²) in [6.45, 7) is 7.62. The molecule has 2 rings (SSSR count). The van der Waals surface area contributed by atoms with Crippen molar-refractivity contribution in [2.24, 2.45) is 0 Å². The van der Waals surface area contributed by atoms with Crippen molar-refractivity contribution in [2.45, 2.75) is 13.8 Å². The van der Waals surface area contributed by atoms with Crippen LogP contribution in [-0.2, 0) is 9.59 Å². The summed E-state index contributed by atoms with van der Waals surface area (Å²) < 4.78 is 5.30. The summed E-state index contributed by atoms with van der Waals surface area (Å²) >= 11 is 6.05. The molecule has 0 N–H and O–H groups in total. The Bertz CT molecular complexity index is 601. The van der Waals surface area contributed by atoms with Gasteiger partial charge in [-0.05, 0) is 24.7 Å². The molecule has 1 saturated heterocycles. The van der Waals surface area contributed by atoms with Crippen molar-refractivity contribution in [2.75, 3.05) is 51.3 Å². The van der Waals surface area contributed by atoms with E-state index in [2.05, 4.69) is 11.8 Å². The van der Waals surface area contributed by atoms with Gasteiger partial charge in [0.15, 0.2) is 0 Å². The van der Waals surface area contributed by atoms with Crippen molar-refractivity contribution in [1.82, 2.24) is 9.80 Å². The lowest BCUT2D eigenvalue weighted by atomic mass is 10.2. The second-order valence-corrected chi connectivity index (χ2v) is 6.17. The Labute approximate surface area is 147 Å². The third-order valence-corrected chi connectivity index (χ3v) is 4.51. The van der Waals surface area contributed by atoms with Gasteiger partial charge >= 0.3 is 0 Å². The summed E-state index contributed by atoms with van der Waals surface area (Å²) in [6.07, 6.45) is 0. The number of benzene rings is 1. The molecule has 0 aromatic heterocycles. The minimum Gasteiger partial charge on any atom is -0.495 e. The molecule has 0 radical (unpaired) electrons. The monoisotopic (exact) mass is 353 g/mol. The summed E-state index contributed by atoms with van der Waals surface area (Å²) in [5, 5.41) is 0.487. The number of ether oxygens (including phenoxy) is 1. The van der Waals surface area contributed by atoms with Gasteiger partial charge in [0.25, 0.3) is 0 Å². The lowest BCUT2D eigenvalue weighted by Gasteiger charge is -2.35. The maximum Gasteiger partial charge on any atom is 0.242 e. The van der Waals surface area contributed by atoms with E-state index in [0.29, 0.717) is 29.5 Å². The van der Waals surface area contributed by atoms with Gasteiger partial charge in [0, 0.05) is 38.1 Å². The van der Waals surface area contributed by atoms with Gasteiger partial charge in [0.05, 0.1) is 12.8 Å². The molecule has 24 heavy (non-hydrogen) atoms. The van der Waals surface area contributed by atoms with E-state index in [9.17, 15) is 9.59 Å². The zero-order valence-electron chi connectivity index (χ0n) is 14.4. The highest BCUT2D eigenvalue weighted by Crippen LogP contribution is 2.31. The second kappa shape index (κ2) is 8.35. The summed E-state index contributed by atoms with van der Waals surface area (Å²) in [4.78, 5) is 30.2. The number of halogens is 1. The van der Waals surface area contributed by atoms with Crippen LogP contribution in [0, 0.1) is 0 Å². The number of amides is 2. The first-order valence-electron chi connectivity index (χ1n) is 8.08. The molecular formula is C17H24ClN3O3. The quantitative estimate of drug-likeness (QED) is 0.811. The predicted octanol–water partition coefficient (Wildman–Crippen LogP) is 1.87. The Morgan fingerprint density at radius 3 is 2.46 bits per heavy atom. The summed E-state index contributed by atoms with van der Waals surface area (Å²) in [7, 11) is 1.52. The highest BCUT2D eigenvalue weighted by atomic mass is 35.5. The molecule has 1 aromatic carbocycles. The minimum atomic E-state index is -0.226. The van der Waals surface area contributed by atoms with Gasteiger partial charge in [0.1, 0.15) is 12.3 Å². The third kappa shape index (κ3) is 4.39. The van der Waals surface area contributed by atoms with Crippen molar-refractivity contribution in [1.29, 1.82) is 0 Å². The van der Waals surface area contributed by atoms with Crippen LogP contribution >= 0.6 is 11.6 Å². The van der Waals surface area contributed by atoms with Gasteiger partial charge in [0.2, 0.25) is 11.8 Å². The number of carbonyl (C=O) groups is 2. The van der Waals surface area contributed by atoms with Crippen LogP contribution in [0.2, 0.25) is 5.02 Å². The smallest absolute Gasteiger partial charge is 0.242 e. The van der Waals surface area contributed by atoms with Crippen molar-refractivity contribution in [3.63, 3.8) is 0 Å². The highest BCUT2D eigenvalue weighted by Gasteiger charge is 2.25. The first kappa shape index (κ1) is 18.5. The normalized spacial score (nSPS) is 15.2. The average molecular weight is 354 g/mol. The predicted molar refractivity (Wildman–Crippen MR) is 94.7 cm³/mol. The Morgan fingerprint density at radius 2 is 1.92 bits per heavy atom. The van der Waals surface area contributed by atoms with Gasteiger partial charge in [-0.25, -0.2) is 0 Å². The number of rotatable bonds is 5. The van der Waals surface area contributed by atoms with E-state index in [1.165, 1.54) is 18.9 Å². The topological polar surface area (TPSA) is 53.1 Å². The first-order chi connectivity index (χ1) is 11.5. The summed E-state index contributed by atoms with van der Waals surface area (Å²) in [5.74, 6) is 0.220. The van der Waals surface area contributed by atoms with Crippen molar-refractivity contribution < 1.29 is 14.3 Å². The Morgan fingerprint density at radius 1 is 1.25 bits per heavy atom. The average Bonchev–Trinajstić information content (AvgIpc) is 2.59. The Balaban J connectivity index is 2.13. The maximum absolute atomic E-state index is 12.6. The maximum atomic E-state index is 12.6. The van der Waals surface area contributed by atoms with Crippen LogP contribution in [0.3, 0.4) is 0 Å². The molecule has 1 fully saturated rings. The first-order valence-corrected chi connectivity index (χ1v) is 8.45. The zero-order chi connectivity index (χ0) is 17.7. The zero-order valence-corrected chi connectivity index (χ0v) is 15.2. The molecule has 0 atom stereocenters. The van der Waals surface area contributed by atoms with E-state index in [0.717, 1.165) is 19.6 Å². The molecule has 2 amide bonds. The molecular weight excluding hydrogens is 330 g/mol. The number of methoxy groups -OCH3 is 1. The fourth-order valence-electron chi connectivity index (χ4n) is 2.79. The molecule has 132 valence electrons. The summed E-state index contributed by atoms with van der Waals surface area (Å²) in [6, 6.07) is 5.02. The van der Waals surface area contributed by atoms with E-state index in [1.807, 2.05) is 0 Å². The van der Waals surface area contributed by atoms with Crippen LogP contribution in [0.1, 0.15) is 13.8 Å². The molecule has 6 nitrogen and oxygen atoms in total.